The van der Waals surface area contributed by atoms with Crippen molar-refractivity contribution in [3.8, 4) is 11.5 Å². The SMILES string of the molecule is COC(=O)c1ccc(CSc2nnc(-c3cccc(Cl)c3)o2)cc1. The quantitative estimate of drug-likeness (QED) is 0.494. The van der Waals surface area contributed by atoms with Crippen molar-refractivity contribution in [3.05, 3.63) is 64.7 Å². The van der Waals surface area contributed by atoms with Gasteiger partial charge >= 0.3 is 5.97 Å². The summed E-state index contributed by atoms with van der Waals surface area (Å²) in [7, 11) is 1.36. The van der Waals surface area contributed by atoms with Gasteiger partial charge in [-0.1, -0.05) is 41.6 Å². The van der Waals surface area contributed by atoms with Gasteiger partial charge in [0, 0.05) is 16.3 Å². The third-order valence-corrected chi connectivity index (χ3v) is 4.34. The van der Waals surface area contributed by atoms with Gasteiger partial charge in [-0.05, 0) is 35.9 Å². The Balaban J connectivity index is 1.64. The van der Waals surface area contributed by atoms with E-state index in [0.717, 1.165) is 11.1 Å². The number of hydrogen-bond donors (Lipinski definition) is 0. The van der Waals surface area contributed by atoms with Crippen molar-refractivity contribution >= 4 is 29.3 Å². The predicted molar refractivity (Wildman–Crippen MR) is 92.1 cm³/mol. The highest BCUT2D eigenvalue weighted by atomic mass is 35.5. The first-order valence-electron chi connectivity index (χ1n) is 7.05. The molecule has 2 aromatic carbocycles. The Hall–Kier alpha value is -2.31. The highest BCUT2D eigenvalue weighted by molar-refractivity contribution is 7.98. The van der Waals surface area contributed by atoms with Crippen molar-refractivity contribution in [3.63, 3.8) is 0 Å². The molecule has 0 aliphatic rings. The summed E-state index contributed by atoms with van der Waals surface area (Å²) in [6, 6.07) is 14.4. The number of carbonyl (C=O) groups is 1. The molecule has 0 saturated heterocycles. The number of methoxy groups -OCH3 is 1. The van der Waals surface area contributed by atoms with Gasteiger partial charge < -0.3 is 9.15 Å². The summed E-state index contributed by atoms with van der Waals surface area (Å²) in [6.07, 6.45) is 0. The summed E-state index contributed by atoms with van der Waals surface area (Å²) >= 11 is 7.38. The topological polar surface area (TPSA) is 65.2 Å². The van der Waals surface area contributed by atoms with Crippen LogP contribution in [0.15, 0.2) is 58.2 Å². The first-order valence-corrected chi connectivity index (χ1v) is 8.41. The molecule has 5 nitrogen and oxygen atoms in total. The highest BCUT2D eigenvalue weighted by Gasteiger charge is 2.10. The zero-order valence-electron chi connectivity index (χ0n) is 12.7. The van der Waals surface area contributed by atoms with Crippen LogP contribution in [0, 0.1) is 0 Å². The number of hydrogen-bond acceptors (Lipinski definition) is 6. The maximum atomic E-state index is 11.4. The molecule has 122 valence electrons. The van der Waals surface area contributed by atoms with E-state index in [2.05, 4.69) is 14.9 Å². The summed E-state index contributed by atoms with van der Waals surface area (Å²) < 4.78 is 10.3. The first-order chi connectivity index (χ1) is 11.7. The zero-order chi connectivity index (χ0) is 16.9. The van der Waals surface area contributed by atoms with Gasteiger partial charge in [0.15, 0.2) is 0 Å². The van der Waals surface area contributed by atoms with Gasteiger partial charge in [0.25, 0.3) is 5.22 Å². The molecular formula is C17H13ClN2O3S. The molecule has 0 fully saturated rings. The van der Waals surface area contributed by atoms with E-state index < -0.39 is 0 Å². The molecule has 0 radical (unpaired) electrons. The summed E-state index contributed by atoms with van der Waals surface area (Å²) in [5.41, 5.74) is 2.34. The van der Waals surface area contributed by atoms with Crippen LogP contribution in [0.1, 0.15) is 15.9 Å². The Morgan fingerprint density at radius 1 is 1.21 bits per heavy atom. The normalized spacial score (nSPS) is 10.6. The van der Waals surface area contributed by atoms with E-state index in [9.17, 15) is 4.79 Å². The summed E-state index contributed by atoms with van der Waals surface area (Å²) in [5, 5.41) is 9.15. The molecule has 0 aliphatic heterocycles. The second-order valence-corrected chi connectivity index (χ2v) is 6.22. The monoisotopic (exact) mass is 360 g/mol. The fraction of sp³-hybridized carbons (Fsp3) is 0.118. The lowest BCUT2D eigenvalue weighted by Crippen LogP contribution is -2.00. The molecule has 0 saturated carbocycles. The van der Waals surface area contributed by atoms with Gasteiger partial charge in [-0.25, -0.2) is 4.79 Å². The van der Waals surface area contributed by atoms with Gasteiger partial charge in [-0.15, -0.1) is 10.2 Å². The van der Waals surface area contributed by atoms with Crippen LogP contribution >= 0.6 is 23.4 Å². The fourth-order valence-corrected chi connectivity index (χ4v) is 2.92. The third-order valence-electron chi connectivity index (χ3n) is 3.22. The van der Waals surface area contributed by atoms with Crippen molar-refractivity contribution in [2.24, 2.45) is 0 Å². The second kappa shape index (κ2) is 7.51. The van der Waals surface area contributed by atoms with Crippen molar-refractivity contribution in [1.29, 1.82) is 0 Å². The number of nitrogens with zero attached hydrogens (tertiary/aromatic N) is 2. The lowest BCUT2D eigenvalue weighted by atomic mass is 10.1. The lowest BCUT2D eigenvalue weighted by molar-refractivity contribution is 0.0600. The molecule has 0 N–H and O–H groups in total. The average molecular weight is 361 g/mol. The molecule has 0 spiro atoms. The molecule has 1 heterocycles. The van der Waals surface area contributed by atoms with Gasteiger partial charge in [0.2, 0.25) is 5.89 Å². The minimum Gasteiger partial charge on any atom is -0.465 e. The Labute approximate surface area is 148 Å². The molecule has 24 heavy (non-hydrogen) atoms. The number of aromatic nitrogens is 2. The van der Waals surface area contributed by atoms with Gasteiger partial charge in [-0.3, -0.25) is 0 Å². The zero-order valence-corrected chi connectivity index (χ0v) is 14.3. The van der Waals surface area contributed by atoms with Crippen LogP contribution in [0.4, 0.5) is 0 Å². The number of carbonyl (C=O) groups excluding carboxylic acids is 1. The largest absolute Gasteiger partial charge is 0.465 e. The van der Waals surface area contributed by atoms with Gasteiger partial charge in [0.05, 0.1) is 12.7 Å². The van der Waals surface area contributed by atoms with Crippen LogP contribution in [0.25, 0.3) is 11.5 Å². The van der Waals surface area contributed by atoms with E-state index in [0.29, 0.717) is 27.5 Å². The van der Waals surface area contributed by atoms with Gasteiger partial charge in [0.1, 0.15) is 0 Å². The Bertz CT molecular complexity index is 849. The number of rotatable bonds is 5. The summed E-state index contributed by atoms with van der Waals surface area (Å²) in [4.78, 5) is 11.4. The minimum atomic E-state index is -0.350. The average Bonchev–Trinajstić information content (AvgIpc) is 3.09. The van der Waals surface area contributed by atoms with Crippen LogP contribution in [0.3, 0.4) is 0 Å². The highest BCUT2D eigenvalue weighted by Crippen LogP contribution is 2.27. The van der Waals surface area contributed by atoms with Crippen LogP contribution in [-0.2, 0) is 10.5 Å². The molecule has 7 heteroatoms. The van der Waals surface area contributed by atoms with Crippen molar-refractivity contribution in [1.82, 2.24) is 10.2 Å². The van der Waals surface area contributed by atoms with E-state index in [1.807, 2.05) is 24.3 Å². The molecule has 0 bridgehead atoms. The second-order valence-electron chi connectivity index (χ2n) is 4.86. The molecule has 3 aromatic rings. The smallest absolute Gasteiger partial charge is 0.337 e. The van der Waals surface area contributed by atoms with Crippen molar-refractivity contribution < 1.29 is 13.9 Å². The van der Waals surface area contributed by atoms with Gasteiger partial charge in [-0.2, -0.15) is 0 Å². The maximum absolute atomic E-state index is 11.4. The van der Waals surface area contributed by atoms with E-state index in [4.69, 9.17) is 16.0 Å². The molecule has 0 aliphatic carbocycles. The number of ether oxygens (including phenoxy) is 1. The molecule has 1 aromatic heterocycles. The minimum absolute atomic E-state index is 0.350. The van der Waals surface area contributed by atoms with E-state index in [1.54, 1.807) is 24.3 Å². The standard InChI is InChI=1S/C17H13ClN2O3S/c1-22-16(21)12-7-5-11(6-8-12)10-24-17-20-19-15(23-17)13-3-2-4-14(18)9-13/h2-9H,10H2,1H3. The molecule has 0 atom stereocenters. The summed E-state index contributed by atoms with van der Waals surface area (Å²) in [6.45, 7) is 0. The lowest BCUT2D eigenvalue weighted by Gasteiger charge is -2.01. The number of benzene rings is 2. The Kier molecular flexibility index (Phi) is 5.17. The Morgan fingerprint density at radius 3 is 2.71 bits per heavy atom. The van der Waals surface area contributed by atoms with Crippen LogP contribution < -0.4 is 0 Å². The van der Waals surface area contributed by atoms with Crippen molar-refractivity contribution in [2.75, 3.05) is 7.11 Å². The van der Waals surface area contributed by atoms with Crippen LogP contribution in [0.2, 0.25) is 5.02 Å². The summed E-state index contributed by atoms with van der Waals surface area (Å²) in [5.74, 6) is 0.733. The van der Waals surface area contributed by atoms with Crippen molar-refractivity contribution in [2.45, 2.75) is 11.0 Å². The first kappa shape index (κ1) is 16.5. The fourth-order valence-electron chi connectivity index (χ4n) is 2.01. The van der Waals surface area contributed by atoms with E-state index in [1.165, 1.54) is 18.9 Å². The third kappa shape index (κ3) is 3.96. The Morgan fingerprint density at radius 2 is 2.00 bits per heavy atom. The number of halogens is 1. The van der Waals surface area contributed by atoms with E-state index >= 15 is 0 Å². The van der Waals surface area contributed by atoms with E-state index in [-0.39, 0.29) is 5.97 Å². The predicted octanol–water partition coefficient (Wildman–Crippen LogP) is 4.47. The number of thioether (sulfide) groups is 1. The molecule has 0 amide bonds. The maximum Gasteiger partial charge on any atom is 0.337 e. The van der Waals surface area contributed by atoms with Crippen LogP contribution in [0.5, 0.6) is 0 Å². The molecule has 3 rings (SSSR count). The molecular weight excluding hydrogens is 348 g/mol. The number of esters is 1. The van der Waals surface area contributed by atoms with Crippen LogP contribution in [-0.4, -0.2) is 23.3 Å². The molecule has 0 unspecified atom stereocenters.